The quantitative estimate of drug-likeness (QED) is 0.350. The van der Waals surface area contributed by atoms with Gasteiger partial charge in [0, 0.05) is 24.2 Å². The Balaban J connectivity index is 2.05. The minimum absolute atomic E-state index is 0.103. The Labute approximate surface area is 234 Å². The van der Waals surface area contributed by atoms with Gasteiger partial charge in [0.15, 0.2) is 11.5 Å². The normalized spacial score (nSPS) is 11.8. The molecule has 0 saturated heterocycles. The van der Waals surface area contributed by atoms with Crippen molar-refractivity contribution in [3.63, 3.8) is 0 Å². The van der Waals surface area contributed by atoms with Crippen LogP contribution in [0.2, 0.25) is 5.02 Å². The van der Waals surface area contributed by atoms with E-state index in [4.69, 9.17) is 21.1 Å². The van der Waals surface area contributed by atoms with Crippen LogP contribution >= 0.6 is 11.6 Å². The number of halogens is 1. The maximum atomic E-state index is 14.0. The Morgan fingerprint density at radius 3 is 2.18 bits per heavy atom. The number of ether oxygens (including phenoxy) is 2. The van der Waals surface area contributed by atoms with Crippen molar-refractivity contribution in [2.45, 2.75) is 31.3 Å². The summed E-state index contributed by atoms with van der Waals surface area (Å²) in [7, 11) is -1.43. The van der Waals surface area contributed by atoms with Crippen LogP contribution in [0, 0.1) is 0 Å². The summed E-state index contributed by atoms with van der Waals surface area (Å²) in [5.41, 5.74) is 1.02. The van der Waals surface area contributed by atoms with Crippen LogP contribution in [0.3, 0.4) is 0 Å². The maximum Gasteiger partial charge on any atom is 0.264 e. The molecule has 9 nitrogen and oxygen atoms in total. The molecule has 0 spiro atoms. The van der Waals surface area contributed by atoms with Gasteiger partial charge < -0.3 is 19.7 Å². The highest BCUT2D eigenvalue weighted by Gasteiger charge is 2.33. The second-order valence-electron chi connectivity index (χ2n) is 8.58. The minimum Gasteiger partial charge on any atom is -0.493 e. The summed E-state index contributed by atoms with van der Waals surface area (Å²) in [6.45, 7) is 3.34. The summed E-state index contributed by atoms with van der Waals surface area (Å²) in [5, 5.41) is 3.14. The molecular weight excluding hydrogens is 542 g/mol. The number of sulfonamides is 1. The molecule has 208 valence electrons. The van der Waals surface area contributed by atoms with Crippen molar-refractivity contribution < 1.29 is 27.5 Å². The van der Waals surface area contributed by atoms with Crippen LogP contribution in [-0.4, -0.2) is 58.5 Å². The van der Waals surface area contributed by atoms with Crippen LogP contribution in [-0.2, 0) is 26.2 Å². The molecule has 0 aromatic heterocycles. The first-order valence-electron chi connectivity index (χ1n) is 12.2. The molecule has 3 aromatic carbocycles. The van der Waals surface area contributed by atoms with Gasteiger partial charge in [0.05, 0.1) is 24.8 Å². The summed E-state index contributed by atoms with van der Waals surface area (Å²) in [6, 6.07) is 18.6. The smallest absolute Gasteiger partial charge is 0.264 e. The highest BCUT2D eigenvalue weighted by Crippen LogP contribution is 2.32. The molecular formula is C28H32ClN3O6S. The molecule has 3 rings (SSSR count). The van der Waals surface area contributed by atoms with Crippen LogP contribution in [0.1, 0.15) is 19.4 Å². The van der Waals surface area contributed by atoms with Gasteiger partial charge in [-0.1, -0.05) is 41.9 Å². The number of nitrogens with zero attached hydrogens (tertiary/aromatic N) is 2. The molecule has 0 aliphatic heterocycles. The molecule has 0 unspecified atom stereocenters. The van der Waals surface area contributed by atoms with Crippen LogP contribution in [0.4, 0.5) is 5.69 Å². The van der Waals surface area contributed by atoms with E-state index in [9.17, 15) is 18.0 Å². The van der Waals surface area contributed by atoms with Gasteiger partial charge >= 0.3 is 0 Å². The van der Waals surface area contributed by atoms with Gasteiger partial charge in [0.2, 0.25) is 11.8 Å². The summed E-state index contributed by atoms with van der Waals surface area (Å²) >= 11 is 6.06. The molecule has 0 aliphatic carbocycles. The fourth-order valence-electron chi connectivity index (χ4n) is 3.92. The molecule has 1 N–H and O–H groups in total. The Kier molecular flexibility index (Phi) is 10.2. The third-order valence-corrected chi connectivity index (χ3v) is 8.07. The second-order valence-corrected chi connectivity index (χ2v) is 10.9. The van der Waals surface area contributed by atoms with Crippen molar-refractivity contribution in [1.29, 1.82) is 0 Å². The number of nitrogens with one attached hydrogen (secondary N) is 1. The minimum atomic E-state index is -4.28. The lowest BCUT2D eigenvalue weighted by Crippen LogP contribution is -2.51. The van der Waals surface area contributed by atoms with Crippen molar-refractivity contribution in [2.75, 3.05) is 31.6 Å². The van der Waals surface area contributed by atoms with Gasteiger partial charge in [-0.15, -0.1) is 0 Å². The number of carbonyl (C=O) groups excluding carboxylic acids is 2. The van der Waals surface area contributed by atoms with Crippen molar-refractivity contribution >= 4 is 39.1 Å². The van der Waals surface area contributed by atoms with Gasteiger partial charge in [-0.2, -0.15) is 0 Å². The van der Waals surface area contributed by atoms with E-state index in [1.807, 2.05) is 30.3 Å². The molecule has 0 bridgehead atoms. The molecule has 0 saturated carbocycles. The first-order valence-corrected chi connectivity index (χ1v) is 14.1. The lowest BCUT2D eigenvalue weighted by atomic mass is 10.1. The molecule has 1 atom stereocenters. The summed E-state index contributed by atoms with van der Waals surface area (Å²) in [4.78, 5) is 27.8. The highest BCUT2D eigenvalue weighted by atomic mass is 35.5. The Hall–Kier alpha value is -3.76. The number of methoxy groups -OCH3 is 2. The monoisotopic (exact) mass is 573 g/mol. The van der Waals surface area contributed by atoms with Crippen molar-refractivity contribution in [3.8, 4) is 11.5 Å². The summed E-state index contributed by atoms with van der Waals surface area (Å²) in [6.07, 6.45) is 0. The highest BCUT2D eigenvalue weighted by molar-refractivity contribution is 7.92. The molecule has 0 radical (unpaired) electrons. The number of anilines is 1. The molecule has 0 heterocycles. The average molecular weight is 574 g/mol. The molecule has 2 amide bonds. The number of hydrogen-bond donors (Lipinski definition) is 1. The van der Waals surface area contributed by atoms with E-state index >= 15 is 0 Å². The number of amides is 2. The van der Waals surface area contributed by atoms with E-state index < -0.39 is 28.5 Å². The summed E-state index contributed by atoms with van der Waals surface area (Å²) < 4.78 is 39.4. The number of hydrogen-bond acceptors (Lipinski definition) is 6. The first kappa shape index (κ1) is 29.8. The number of carbonyl (C=O) groups is 2. The zero-order valence-corrected chi connectivity index (χ0v) is 23.8. The van der Waals surface area contributed by atoms with Gasteiger partial charge in [0.1, 0.15) is 12.6 Å². The fourth-order valence-corrected chi connectivity index (χ4v) is 5.48. The third-order valence-electron chi connectivity index (χ3n) is 6.05. The standard InChI is InChI=1S/C28H32ClN3O6S/c1-5-30-28(34)20(2)31(18-21-9-7-6-8-10-21)27(33)19-32(23-13-11-22(29)12-14-23)39(35,36)24-15-16-25(37-3)26(17-24)38-4/h6-17,20H,5,18-19H2,1-4H3,(H,30,34)/t20-/m1/s1. The second kappa shape index (κ2) is 13.3. The topological polar surface area (TPSA) is 105 Å². The van der Waals surface area contributed by atoms with Gasteiger partial charge in [-0.05, 0) is 55.8 Å². The fraction of sp³-hybridized carbons (Fsp3) is 0.286. The van der Waals surface area contributed by atoms with Crippen molar-refractivity contribution in [2.24, 2.45) is 0 Å². The largest absolute Gasteiger partial charge is 0.493 e. The number of benzene rings is 3. The Bertz CT molecular complexity index is 1380. The average Bonchev–Trinajstić information content (AvgIpc) is 2.94. The predicted octanol–water partition coefficient (Wildman–Crippen LogP) is 4.11. The van der Waals surface area contributed by atoms with E-state index in [0.717, 1.165) is 9.87 Å². The van der Waals surface area contributed by atoms with Crippen LogP contribution in [0.15, 0.2) is 77.7 Å². The van der Waals surface area contributed by atoms with E-state index in [0.29, 0.717) is 17.3 Å². The maximum absolute atomic E-state index is 14.0. The molecule has 11 heteroatoms. The molecule has 3 aromatic rings. The first-order chi connectivity index (χ1) is 18.6. The van der Waals surface area contributed by atoms with Crippen molar-refractivity contribution in [1.82, 2.24) is 10.2 Å². The van der Waals surface area contributed by atoms with E-state index in [1.54, 1.807) is 13.8 Å². The van der Waals surface area contributed by atoms with Gasteiger partial charge in [-0.25, -0.2) is 8.42 Å². The third kappa shape index (κ3) is 7.21. The van der Waals surface area contributed by atoms with E-state index in [-0.39, 0.29) is 28.8 Å². The zero-order valence-electron chi connectivity index (χ0n) is 22.3. The molecule has 0 fully saturated rings. The summed E-state index contributed by atoms with van der Waals surface area (Å²) in [5.74, 6) is -0.328. The Morgan fingerprint density at radius 2 is 1.59 bits per heavy atom. The lowest BCUT2D eigenvalue weighted by Gasteiger charge is -2.32. The predicted molar refractivity (Wildman–Crippen MR) is 151 cm³/mol. The molecule has 0 aliphatic rings. The number of likely N-dealkylation sites (N-methyl/N-ethyl adjacent to an activating group) is 1. The SMILES string of the molecule is CCNC(=O)[C@@H](C)N(Cc1ccccc1)C(=O)CN(c1ccc(Cl)cc1)S(=O)(=O)c1ccc(OC)c(OC)c1. The van der Waals surface area contributed by atoms with Crippen molar-refractivity contribution in [3.05, 3.63) is 83.4 Å². The molecule has 39 heavy (non-hydrogen) atoms. The zero-order chi connectivity index (χ0) is 28.6. The van der Waals surface area contributed by atoms with Gasteiger partial charge in [-0.3, -0.25) is 13.9 Å². The lowest BCUT2D eigenvalue weighted by molar-refractivity contribution is -0.139. The number of rotatable bonds is 12. The van der Waals surface area contributed by atoms with Crippen LogP contribution < -0.4 is 19.1 Å². The van der Waals surface area contributed by atoms with Crippen LogP contribution in [0.5, 0.6) is 11.5 Å². The van der Waals surface area contributed by atoms with E-state index in [2.05, 4.69) is 5.32 Å². The van der Waals surface area contributed by atoms with Crippen LogP contribution in [0.25, 0.3) is 0 Å². The van der Waals surface area contributed by atoms with Gasteiger partial charge in [0.25, 0.3) is 10.0 Å². The Morgan fingerprint density at radius 1 is 0.949 bits per heavy atom. The van der Waals surface area contributed by atoms with E-state index in [1.165, 1.54) is 61.6 Å².